The number of aliphatic hydroxyl groups is 2. The monoisotopic (exact) mass is 414 g/mol. The number of likely N-dealkylation sites (tertiary alicyclic amines) is 1. The molecule has 1 aromatic carbocycles. The highest BCUT2D eigenvalue weighted by Crippen LogP contribution is 2.38. The number of carbonyl (C=O) groups excluding carboxylic acids is 1. The van der Waals surface area contributed by atoms with Crippen molar-refractivity contribution in [3.63, 3.8) is 0 Å². The van der Waals surface area contributed by atoms with Gasteiger partial charge in [-0.15, -0.1) is 11.3 Å². The van der Waals surface area contributed by atoms with Gasteiger partial charge in [0.1, 0.15) is 5.82 Å². The Morgan fingerprint density at radius 2 is 1.96 bits per heavy atom. The van der Waals surface area contributed by atoms with Crippen LogP contribution in [0.15, 0.2) is 30.3 Å². The molecule has 0 spiro atoms. The molecule has 3 rings (SSSR count). The van der Waals surface area contributed by atoms with Crippen LogP contribution < -0.4 is 5.32 Å². The Kier molecular flexibility index (Phi) is 6.09. The van der Waals surface area contributed by atoms with Crippen molar-refractivity contribution in [1.29, 1.82) is 0 Å². The van der Waals surface area contributed by atoms with Gasteiger partial charge in [-0.05, 0) is 55.7 Å². The third-order valence-electron chi connectivity index (χ3n) is 4.74. The summed E-state index contributed by atoms with van der Waals surface area (Å²) in [4.78, 5) is 13.2. The van der Waals surface area contributed by atoms with Gasteiger partial charge in [0, 0.05) is 18.8 Å². The maximum atomic E-state index is 14.7. The number of halogens is 3. The second-order valence-corrected chi connectivity index (χ2v) is 7.93. The molecule has 1 aliphatic heterocycles. The van der Waals surface area contributed by atoms with Crippen LogP contribution in [0.2, 0.25) is 0 Å². The number of aryl methyl sites for hydroxylation is 1. The Labute approximate surface area is 164 Å². The molecular formula is C19H21F3N2O3S. The number of hydrogen-bond acceptors (Lipinski definition) is 5. The smallest absolute Gasteiger partial charge is 0.320 e. The van der Waals surface area contributed by atoms with E-state index in [0.717, 1.165) is 6.07 Å². The van der Waals surface area contributed by atoms with Crippen molar-refractivity contribution in [1.82, 2.24) is 4.90 Å². The van der Waals surface area contributed by atoms with Crippen LogP contribution >= 0.6 is 11.3 Å². The lowest BCUT2D eigenvalue weighted by Gasteiger charge is -2.36. The quantitative estimate of drug-likeness (QED) is 0.702. The molecule has 2 heterocycles. The number of thiophene rings is 1. The number of nitrogens with one attached hydrogen (secondary N) is 1. The first-order valence-electron chi connectivity index (χ1n) is 8.84. The fourth-order valence-electron chi connectivity index (χ4n) is 3.04. The van der Waals surface area contributed by atoms with Crippen molar-refractivity contribution in [3.8, 4) is 0 Å². The molecule has 5 nitrogen and oxygen atoms in total. The molecule has 9 heteroatoms. The van der Waals surface area contributed by atoms with Gasteiger partial charge in [-0.2, -0.15) is 8.78 Å². The van der Waals surface area contributed by atoms with Gasteiger partial charge >= 0.3 is 5.92 Å². The number of carbonyl (C=O) groups is 1. The third kappa shape index (κ3) is 4.38. The van der Waals surface area contributed by atoms with Gasteiger partial charge < -0.3 is 15.5 Å². The lowest BCUT2D eigenvalue weighted by molar-refractivity contribution is -0.187. The van der Waals surface area contributed by atoms with Crippen LogP contribution in [0.5, 0.6) is 0 Å². The van der Waals surface area contributed by atoms with Gasteiger partial charge in [0.05, 0.1) is 15.9 Å². The summed E-state index contributed by atoms with van der Waals surface area (Å²) >= 11 is 0.595. The van der Waals surface area contributed by atoms with Gasteiger partial charge in [0.15, 0.2) is 6.23 Å². The lowest BCUT2D eigenvalue weighted by atomic mass is 10.1. The predicted molar refractivity (Wildman–Crippen MR) is 100 cm³/mol. The number of aliphatic hydroxyl groups excluding tert-OH is 2. The van der Waals surface area contributed by atoms with Crippen molar-refractivity contribution in [2.45, 2.75) is 38.0 Å². The number of amides is 1. The molecule has 2 aromatic rings. The van der Waals surface area contributed by atoms with E-state index in [1.165, 1.54) is 29.2 Å². The van der Waals surface area contributed by atoms with Crippen molar-refractivity contribution >= 4 is 22.9 Å². The maximum Gasteiger partial charge on any atom is 0.320 e. The summed E-state index contributed by atoms with van der Waals surface area (Å²) in [6, 6.07) is 6.44. The minimum Gasteiger partial charge on any atom is -0.393 e. The minimum atomic E-state index is -3.56. The Morgan fingerprint density at radius 3 is 2.61 bits per heavy atom. The summed E-state index contributed by atoms with van der Waals surface area (Å²) in [5, 5.41) is 22.2. The van der Waals surface area contributed by atoms with E-state index in [1.54, 1.807) is 6.92 Å². The summed E-state index contributed by atoms with van der Waals surface area (Å²) in [7, 11) is 0. The Balaban J connectivity index is 1.70. The second kappa shape index (κ2) is 8.20. The molecule has 0 bridgehead atoms. The molecule has 0 radical (unpaired) electrons. The minimum absolute atomic E-state index is 0.0536. The average Bonchev–Trinajstić information content (AvgIpc) is 3.16. The van der Waals surface area contributed by atoms with Crippen LogP contribution in [0, 0.1) is 12.7 Å². The standard InChI is InChI=1S/C19H21F3N2O3S/c1-11-10-12(2-3-14(11)20)23-17(26)15-4-5-16(28-15)19(21,22)18(27)24-8-6-13(25)7-9-24/h2-5,10,13,18,25,27H,6-9H2,1H3,(H,23,26). The van der Waals surface area contributed by atoms with Crippen LogP contribution in [-0.2, 0) is 5.92 Å². The van der Waals surface area contributed by atoms with E-state index in [-0.39, 0.29) is 18.0 Å². The summed E-state index contributed by atoms with van der Waals surface area (Å²) < 4.78 is 42.7. The van der Waals surface area contributed by atoms with E-state index in [2.05, 4.69) is 5.32 Å². The van der Waals surface area contributed by atoms with Crippen molar-refractivity contribution in [3.05, 3.63) is 51.5 Å². The largest absolute Gasteiger partial charge is 0.393 e. The zero-order valence-electron chi connectivity index (χ0n) is 15.2. The van der Waals surface area contributed by atoms with E-state index >= 15 is 0 Å². The van der Waals surface area contributed by atoms with E-state index in [9.17, 15) is 28.2 Å². The van der Waals surface area contributed by atoms with Gasteiger partial charge in [0.25, 0.3) is 5.91 Å². The van der Waals surface area contributed by atoms with Crippen LogP contribution in [0.4, 0.5) is 18.9 Å². The van der Waals surface area contributed by atoms with Crippen molar-refractivity contribution < 1.29 is 28.2 Å². The SMILES string of the molecule is Cc1cc(NC(=O)c2ccc(C(F)(F)C(O)N3CCC(O)CC3)s2)ccc1F. The summed E-state index contributed by atoms with van der Waals surface area (Å²) in [6.07, 6.45) is -1.93. The van der Waals surface area contributed by atoms with E-state index in [1.807, 2.05) is 0 Å². The molecule has 28 heavy (non-hydrogen) atoms. The zero-order chi connectivity index (χ0) is 20.5. The fourth-order valence-corrected chi connectivity index (χ4v) is 3.94. The molecule has 1 aromatic heterocycles. The Morgan fingerprint density at radius 1 is 1.29 bits per heavy atom. The Hall–Kier alpha value is -1.94. The molecule has 1 aliphatic rings. The first-order valence-corrected chi connectivity index (χ1v) is 9.66. The second-order valence-electron chi connectivity index (χ2n) is 6.85. The fraction of sp³-hybridized carbons (Fsp3) is 0.421. The van der Waals surface area contributed by atoms with E-state index in [4.69, 9.17) is 0 Å². The number of alkyl halides is 2. The average molecular weight is 414 g/mol. The maximum absolute atomic E-state index is 14.7. The third-order valence-corrected chi connectivity index (χ3v) is 5.91. The number of anilines is 1. The summed E-state index contributed by atoms with van der Waals surface area (Å²) in [5.41, 5.74) is 0.712. The van der Waals surface area contributed by atoms with E-state index in [0.29, 0.717) is 35.4 Å². The predicted octanol–water partition coefficient (Wildman–Crippen LogP) is 3.31. The number of rotatable bonds is 5. The first kappa shape index (κ1) is 20.8. The molecule has 1 fully saturated rings. The summed E-state index contributed by atoms with van der Waals surface area (Å²) in [6.45, 7) is 1.89. The number of hydrogen-bond donors (Lipinski definition) is 3. The number of piperidine rings is 1. The molecule has 3 N–H and O–H groups in total. The van der Waals surface area contributed by atoms with Crippen LogP contribution in [0.3, 0.4) is 0 Å². The number of nitrogens with zero attached hydrogens (tertiary/aromatic N) is 1. The molecule has 0 saturated carbocycles. The van der Waals surface area contributed by atoms with Crippen molar-refractivity contribution in [2.75, 3.05) is 18.4 Å². The molecule has 1 atom stereocenters. The molecular weight excluding hydrogens is 393 g/mol. The van der Waals surface area contributed by atoms with Gasteiger partial charge in [-0.25, -0.2) is 4.39 Å². The highest BCUT2D eigenvalue weighted by Gasteiger charge is 2.46. The van der Waals surface area contributed by atoms with Crippen molar-refractivity contribution in [2.24, 2.45) is 0 Å². The summed E-state index contributed by atoms with van der Waals surface area (Å²) in [5.74, 6) is -4.55. The molecule has 1 amide bonds. The van der Waals surface area contributed by atoms with E-state index < -0.39 is 34.9 Å². The van der Waals surface area contributed by atoms with Crippen LogP contribution in [-0.4, -0.2) is 46.4 Å². The number of benzene rings is 1. The molecule has 1 unspecified atom stereocenters. The first-order chi connectivity index (χ1) is 13.2. The van der Waals surface area contributed by atoms with Gasteiger partial charge in [-0.3, -0.25) is 9.69 Å². The zero-order valence-corrected chi connectivity index (χ0v) is 16.0. The molecule has 0 aliphatic carbocycles. The Bertz CT molecular complexity index is 851. The molecule has 152 valence electrons. The highest BCUT2D eigenvalue weighted by atomic mass is 32.1. The van der Waals surface area contributed by atoms with Crippen LogP contribution in [0.1, 0.15) is 33.0 Å². The van der Waals surface area contributed by atoms with Crippen LogP contribution in [0.25, 0.3) is 0 Å². The molecule has 1 saturated heterocycles. The van der Waals surface area contributed by atoms with Gasteiger partial charge in [-0.1, -0.05) is 0 Å². The van der Waals surface area contributed by atoms with Gasteiger partial charge in [0.2, 0.25) is 0 Å². The highest BCUT2D eigenvalue weighted by molar-refractivity contribution is 7.14. The normalized spacial score (nSPS) is 17.5. The lowest BCUT2D eigenvalue weighted by Crippen LogP contribution is -2.50. The topological polar surface area (TPSA) is 72.8 Å².